The van der Waals surface area contributed by atoms with Crippen LogP contribution in [-0.2, 0) is 0 Å². The molecule has 0 radical (unpaired) electrons. The Balaban J connectivity index is -0.000000314. The zero-order chi connectivity index (χ0) is 19.0. The quantitative estimate of drug-likeness (QED) is 0.407. The van der Waals surface area contributed by atoms with Crippen molar-refractivity contribution in [2.45, 2.75) is 0 Å². The number of pyridine rings is 2. The van der Waals surface area contributed by atoms with Crippen molar-refractivity contribution in [3.05, 3.63) is 94.8 Å². The summed E-state index contributed by atoms with van der Waals surface area (Å²) in [7, 11) is 0. The van der Waals surface area contributed by atoms with Crippen LogP contribution in [0, 0.1) is 95.3 Å². The molecule has 0 saturated heterocycles. The third-order valence-electron chi connectivity index (χ3n) is 1.59. The molecule has 0 aliphatic carbocycles. The molecule has 0 fully saturated rings. The van der Waals surface area contributed by atoms with Crippen molar-refractivity contribution in [1.82, 2.24) is 9.97 Å². The summed E-state index contributed by atoms with van der Waals surface area (Å²) in [5, 5.41) is 44.2. The van der Waals surface area contributed by atoms with Crippen molar-refractivity contribution in [2.75, 3.05) is 0 Å². The van der Waals surface area contributed by atoms with Gasteiger partial charge in [-0.05, 0) is 24.3 Å². The first-order valence-electron chi connectivity index (χ1n) is 5.43. The van der Waals surface area contributed by atoms with Crippen molar-refractivity contribution < 1.29 is 64.6 Å². The maximum Gasteiger partial charge on any atom is 3.00 e. The van der Waals surface area contributed by atoms with Gasteiger partial charge in [-0.3, -0.25) is 9.97 Å². The Hall–Kier alpha value is -2.52. The molecule has 0 atom stereocenters. The summed E-state index contributed by atoms with van der Waals surface area (Å²) in [5.41, 5.74) is 1.83. The van der Waals surface area contributed by atoms with Gasteiger partial charge in [-0.1, -0.05) is 12.1 Å². The first-order chi connectivity index (χ1) is 11.2. The molecule has 0 spiro atoms. The van der Waals surface area contributed by atoms with E-state index < -0.39 is 15.3 Å². The van der Waals surface area contributed by atoms with Crippen molar-refractivity contribution >= 4 is 0 Å². The fraction of sp³-hybridized carbons (Fsp3) is 0. The molecule has 0 aliphatic rings. The van der Waals surface area contributed by atoms with Crippen LogP contribution in [0.1, 0.15) is 0 Å². The van der Waals surface area contributed by atoms with E-state index in [4.69, 9.17) is 46.0 Å². The van der Waals surface area contributed by atoms with E-state index in [0.717, 1.165) is 11.4 Å². The summed E-state index contributed by atoms with van der Waals surface area (Å²) in [6, 6.07) is 11.6. The van der Waals surface area contributed by atoms with Gasteiger partial charge in [0.15, 0.2) is 0 Å². The zero-order valence-electron chi connectivity index (χ0n) is 11.9. The van der Waals surface area contributed by atoms with Gasteiger partial charge in [-0.2, -0.15) is 0 Å². The Labute approximate surface area is 179 Å². The molecule has 0 amide bonds. The summed E-state index contributed by atoms with van der Waals surface area (Å²) < 4.78 is 0. The van der Waals surface area contributed by atoms with E-state index in [1.54, 1.807) is 12.4 Å². The van der Waals surface area contributed by atoms with Crippen LogP contribution in [0.15, 0.2) is 48.8 Å². The minimum atomic E-state index is -1.75. The van der Waals surface area contributed by atoms with Crippen LogP contribution >= 0.6 is 0 Å². The van der Waals surface area contributed by atoms with Crippen LogP contribution in [0.3, 0.4) is 0 Å². The van der Waals surface area contributed by atoms with Crippen LogP contribution in [-0.4, -0.2) is 25.2 Å². The summed E-state index contributed by atoms with van der Waals surface area (Å²) in [6.45, 7) is 0. The van der Waals surface area contributed by atoms with Crippen molar-refractivity contribution in [2.24, 2.45) is 0 Å². The van der Waals surface area contributed by atoms with E-state index in [-0.39, 0.29) is 49.4 Å². The molecule has 0 bridgehead atoms. The Bertz CT molecular complexity index is 539. The maximum absolute atomic E-state index is 8.25. The Morgan fingerprint density at radius 3 is 1.00 bits per heavy atom. The number of nitrogens with zero attached hydrogens (tertiary/aromatic N) is 5. The van der Waals surface area contributed by atoms with Gasteiger partial charge in [-0.25, -0.2) is 0 Å². The predicted octanol–water partition coefficient (Wildman–Crippen LogP) is 1.43. The van der Waals surface area contributed by atoms with Crippen LogP contribution in [0.5, 0.6) is 0 Å². The molecule has 134 valence electrons. The molecule has 0 N–H and O–H groups in total. The zero-order valence-corrected chi connectivity index (χ0v) is 14.3. The summed E-state index contributed by atoms with van der Waals surface area (Å²) in [5.74, 6) is 0. The van der Waals surface area contributed by atoms with E-state index in [1.165, 1.54) is 0 Å². The van der Waals surface area contributed by atoms with E-state index >= 15 is 0 Å². The Morgan fingerprint density at radius 1 is 0.600 bits per heavy atom. The van der Waals surface area contributed by atoms with Gasteiger partial charge < -0.3 is 46.0 Å². The van der Waals surface area contributed by atoms with E-state index in [1.807, 2.05) is 36.4 Å². The van der Waals surface area contributed by atoms with Gasteiger partial charge in [0, 0.05) is 12.4 Å². The van der Waals surface area contributed by atoms with Gasteiger partial charge in [0.1, 0.15) is 0 Å². The minimum absolute atomic E-state index is 0. The third kappa shape index (κ3) is 26.7. The molecule has 15 heteroatoms. The van der Waals surface area contributed by atoms with Crippen molar-refractivity contribution in [3.8, 4) is 11.4 Å². The second-order valence-corrected chi connectivity index (χ2v) is 3.10. The van der Waals surface area contributed by atoms with Gasteiger partial charge in [-0.15, -0.1) is 0 Å². The van der Waals surface area contributed by atoms with Gasteiger partial charge in [0.05, 0.1) is 26.6 Å². The molecule has 25 heavy (non-hydrogen) atoms. The van der Waals surface area contributed by atoms with E-state index in [9.17, 15) is 0 Å². The van der Waals surface area contributed by atoms with Crippen molar-refractivity contribution in [3.63, 3.8) is 0 Å². The third-order valence-corrected chi connectivity index (χ3v) is 1.59. The first-order valence-corrected chi connectivity index (χ1v) is 5.43. The van der Waals surface area contributed by atoms with Crippen LogP contribution in [0.2, 0.25) is 0 Å². The van der Waals surface area contributed by atoms with E-state index in [0.29, 0.717) is 0 Å². The molecule has 0 unspecified atom stereocenters. The molecule has 0 saturated carbocycles. The maximum atomic E-state index is 8.25. The standard InChI is InChI=1S/C10H8N2.Eu.3NO3/c1-3-7-11-9(5-1)10-6-2-4-8-12-10;;3*2-1(3)4/h1-8H;;;;/q;+3;3*-1. The SMILES string of the molecule is O=[N+]([O-])[O-].O=[N+]([O-])[O-].O=[N+]([O-])[O-].[Eu+3].c1ccc(-c2ccccn2)nc1. The number of rotatable bonds is 1. The van der Waals surface area contributed by atoms with Gasteiger partial charge in [0.2, 0.25) is 0 Å². The second-order valence-electron chi connectivity index (χ2n) is 3.10. The number of hydrogen-bond donors (Lipinski definition) is 0. The molecule has 2 aromatic rings. The Kier molecular flexibility index (Phi) is 19.5. The molecule has 14 nitrogen and oxygen atoms in total. The van der Waals surface area contributed by atoms with Gasteiger partial charge >= 0.3 is 49.4 Å². The van der Waals surface area contributed by atoms with Crippen LogP contribution < -0.4 is 0 Å². The van der Waals surface area contributed by atoms with Crippen LogP contribution in [0.25, 0.3) is 11.4 Å². The first kappa shape index (κ1) is 27.3. The topological polar surface area (TPSA) is 224 Å². The average molecular weight is 494 g/mol. The molecular formula is C10H8EuN5O9. The smallest absolute Gasteiger partial charge is 0.356 e. The summed E-state index contributed by atoms with van der Waals surface area (Å²) >= 11 is 0. The Morgan fingerprint density at radius 2 is 0.840 bits per heavy atom. The number of hydrogen-bond acceptors (Lipinski definition) is 11. The minimum Gasteiger partial charge on any atom is -0.356 e. The molecule has 2 rings (SSSR count). The molecule has 2 heterocycles. The monoisotopic (exact) mass is 495 g/mol. The summed E-state index contributed by atoms with van der Waals surface area (Å²) in [4.78, 5) is 33.1. The molecule has 2 aromatic heterocycles. The fourth-order valence-electron chi connectivity index (χ4n) is 1.03. The fourth-order valence-corrected chi connectivity index (χ4v) is 1.03. The average Bonchev–Trinajstić information content (AvgIpc) is 2.47. The predicted molar refractivity (Wildman–Crippen MR) is 78.6 cm³/mol. The largest absolute Gasteiger partial charge is 3.00 e. The normalized spacial score (nSPS) is 7.52. The molecular weight excluding hydrogens is 486 g/mol. The molecule has 0 aromatic carbocycles. The van der Waals surface area contributed by atoms with Gasteiger partial charge in [0.25, 0.3) is 0 Å². The van der Waals surface area contributed by atoms with Crippen molar-refractivity contribution in [1.29, 1.82) is 0 Å². The summed E-state index contributed by atoms with van der Waals surface area (Å²) in [6.07, 6.45) is 3.54. The van der Waals surface area contributed by atoms with Crippen LogP contribution in [0.4, 0.5) is 0 Å². The second kappa shape index (κ2) is 17.8. The van der Waals surface area contributed by atoms with E-state index in [2.05, 4.69) is 9.97 Å². The number of aromatic nitrogens is 2. The molecule has 0 aliphatic heterocycles.